The molecule has 0 spiro atoms. The Kier molecular flexibility index (Phi) is 3.84. The van der Waals surface area contributed by atoms with E-state index in [9.17, 15) is 13.5 Å². The van der Waals surface area contributed by atoms with Crippen LogP contribution >= 0.6 is 0 Å². The average Bonchev–Trinajstić information content (AvgIpc) is 2.50. The first kappa shape index (κ1) is 12.3. The van der Waals surface area contributed by atoms with Crippen molar-refractivity contribution in [2.45, 2.75) is 25.0 Å². The molecule has 5 nitrogen and oxygen atoms in total. The largest absolute Gasteiger partial charge is 0.390 e. The fourth-order valence-electron chi connectivity index (χ4n) is 2.29. The van der Waals surface area contributed by atoms with Crippen molar-refractivity contribution in [2.24, 2.45) is 5.92 Å². The molecule has 2 aliphatic rings. The van der Waals surface area contributed by atoms with E-state index in [1.807, 2.05) is 0 Å². The molecule has 0 bridgehead atoms. The lowest BCUT2D eigenvalue weighted by Crippen LogP contribution is -2.42. The number of hydrogen-bond acceptors (Lipinski definition) is 5. The van der Waals surface area contributed by atoms with Crippen molar-refractivity contribution in [3.05, 3.63) is 0 Å². The maximum atomic E-state index is 11.3. The average molecular weight is 249 g/mol. The predicted octanol–water partition coefficient (Wildman–Crippen LogP) is -0.839. The Morgan fingerprint density at radius 3 is 2.50 bits per heavy atom. The van der Waals surface area contributed by atoms with Gasteiger partial charge < -0.3 is 15.2 Å². The lowest BCUT2D eigenvalue weighted by atomic mass is 10.00. The number of aliphatic hydroxyl groups excluding tert-OH is 1. The molecule has 2 heterocycles. The summed E-state index contributed by atoms with van der Waals surface area (Å²) in [6, 6.07) is -0.284. The Labute approximate surface area is 96.1 Å². The SMILES string of the molecule is O=S1(=O)C[C@@H](O)[C@H](NCC2CCOCC2)C1. The molecule has 0 amide bonds. The van der Waals surface area contributed by atoms with E-state index >= 15 is 0 Å². The second kappa shape index (κ2) is 5.00. The zero-order chi connectivity index (χ0) is 11.6. The Bertz CT molecular complexity index is 324. The van der Waals surface area contributed by atoms with Gasteiger partial charge in [-0.1, -0.05) is 0 Å². The van der Waals surface area contributed by atoms with Gasteiger partial charge >= 0.3 is 0 Å². The van der Waals surface area contributed by atoms with Crippen molar-refractivity contribution < 1.29 is 18.3 Å². The van der Waals surface area contributed by atoms with Crippen LogP contribution in [-0.2, 0) is 14.6 Å². The first-order chi connectivity index (χ1) is 7.57. The molecule has 0 saturated carbocycles. The van der Waals surface area contributed by atoms with Crippen LogP contribution in [0.2, 0.25) is 0 Å². The van der Waals surface area contributed by atoms with E-state index < -0.39 is 15.9 Å². The first-order valence-corrected chi connectivity index (χ1v) is 7.58. The Hall–Kier alpha value is -0.170. The molecule has 2 atom stereocenters. The van der Waals surface area contributed by atoms with E-state index in [-0.39, 0.29) is 17.5 Å². The van der Waals surface area contributed by atoms with Gasteiger partial charge in [0.15, 0.2) is 9.84 Å². The van der Waals surface area contributed by atoms with Crippen LogP contribution in [0.4, 0.5) is 0 Å². The van der Waals surface area contributed by atoms with Crippen molar-refractivity contribution >= 4 is 9.84 Å². The molecule has 94 valence electrons. The van der Waals surface area contributed by atoms with E-state index in [0.717, 1.165) is 32.6 Å². The third-order valence-electron chi connectivity index (χ3n) is 3.33. The van der Waals surface area contributed by atoms with Crippen LogP contribution in [0.1, 0.15) is 12.8 Å². The number of nitrogens with one attached hydrogen (secondary N) is 1. The van der Waals surface area contributed by atoms with Crippen LogP contribution in [0, 0.1) is 5.92 Å². The van der Waals surface area contributed by atoms with Crippen LogP contribution in [0.15, 0.2) is 0 Å². The predicted molar refractivity (Wildman–Crippen MR) is 60.0 cm³/mol. The van der Waals surface area contributed by atoms with Gasteiger partial charge in [0.2, 0.25) is 0 Å². The lowest BCUT2D eigenvalue weighted by Gasteiger charge is -2.24. The summed E-state index contributed by atoms with van der Waals surface area (Å²) < 4.78 is 27.8. The molecular formula is C10H19NO4S. The quantitative estimate of drug-likeness (QED) is 0.682. The number of rotatable bonds is 3. The molecular weight excluding hydrogens is 230 g/mol. The molecule has 0 radical (unpaired) electrons. The minimum absolute atomic E-state index is 0.0669. The van der Waals surface area contributed by atoms with Crippen LogP contribution in [0.5, 0.6) is 0 Å². The fourth-order valence-corrected chi connectivity index (χ4v) is 4.07. The summed E-state index contributed by atoms with van der Waals surface area (Å²) in [6.07, 6.45) is 1.29. The fraction of sp³-hybridized carbons (Fsp3) is 1.00. The highest BCUT2D eigenvalue weighted by molar-refractivity contribution is 7.91. The zero-order valence-electron chi connectivity index (χ0n) is 9.26. The van der Waals surface area contributed by atoms with Crippen molar-refractivity contribution in [1.29, 1.82) is 0 Å². The standard InChI is InChI=1S/C10H19NO4S/c12-10-7-16(13,14)6-9(10)11-5-8-1-3-15-4-2-8/h8-12H,1-7H2/t9-,10-/m1/s1. The summed E-state index contributed by atoms with van der Waals surface area (Å²) in [4.78, 5) is 0. The Balaban J connectivity index is 1.77. The molecule has 2 N–H and O–H groups in total. The van der Waals surface area contributed by atoms with Gasteiger partial charge in [-0.2, -0.15) is 0 Å². The Morgan fingerprint density at radius 1 is 1.25 bits per heavy atom. The molecule has 2 fully saturated rings. The van der Waals surface area contributed by atoms with E-state index in [0.29, 0.717) is 5.92 Å². The summed E-state index contributed by atoms with van der Waals surface area (Å²) in [7, 11) is -3.03. The third kappa shape index (κ3) is 3.16. The molecule has 6 heteroatoms. The summed E-state index contributed by atoms with van der Waals surface area (Å²) in [6.45, 7) is 2.36. The Morgan fingerprint density at radius 2 is 1.94 bits per heavy atom. The summed E-state index contributed by atoms with van der Waals surface area (Å²) >= 11 is 0. The van der Waals surface area contributed by atoms with Gasteiger partial charge in [0.25, 0.3) is 0 Å². The van der Waals surface area contributed by atoms with Crippen molar-refractivity contribution in [3.8, 4) is 0 Å². The van der Waals surface area contributed by atoms with Crippen molar-refractivity contribution in [1.82, 2.24) is 5.32 Å². The molecule has 0 unspecified atom stereocenters. The molecule has 16 heavy (non-hydrogen) atoms. The molecule has 0 aromatic heterocycles. The maximum absolute atomic E-state index is 11.3. The highest BCUT2D eigenvalue weighted by Gasteiger charge is 2.36. The second-order valence-electron chi connectivity index (χ2n) is 4.71. The van der Waals surface area contributed by atoms with Crippen molar-refractivity contribution in [3.63, 3.8) is 0 Å². The molecule has 2 rings (SSSR count). The van der Waals surface area contributed by atoms with Crippen LogP contribution < -0.4 is 5.32 Å². The van der Waals surface area contributed by atoms with Gasteiger partial charge in [0.05, 0.1) is 17.6 Å². The smallest absolute Gasteiger partial charge is 0.154 e. The van der Waals surface area contributed by atoms with Gasteiger partial charge in [-0.05, 0) is 25.3 Å². The molecule has 0 aromatic carbocycles. The highest BCUT2D eigenvalue weighted by atomic mass is 32.2. The van der Waals surface area contributed by atoms with Gasteiger partial charge in [0, 0.05) is 19.3 Å². The minimum Gasteiger partial charge on any atom is -0.390 e. The monoisotopic (exact) mass is 249 g/mol. The number of aliphatic hydroxyl groups is 1. The number of ether oxygens (including phenoxy) is 1. The second-order valence-corrected chi connectivity index (χ2v) is 6.87. The van der Waals surface area contributed by atoms with Crippen LogP contribution in [-0.4, -0.2) is 56.9 Å². The molecule has 2 aliphatic heterocycles. The van der Waals surface area contributed by atoms with E-state index in [4.69, 9.17) is 4.74 Å². The van der Waals surface area contributed by atoms with Gasteiger partial charge in [-0.15, -0.1) is 0 Å². The summed E-state index contributed by atoms with van der Waals surface area (Å²) in [5.74, 6) is 0.514. The summed E-state index contributed by atoms with van der Waals surface area (Å²) in [5, 5.41) is 12.8. The van der Waals surface area contributed by atoms with Gasteiger partial charge in [0.1, 0.15) is 0 Å². The maximum Gasteiger partial charge on any atom is 0.154 e. The van der Waals surface area contributed by atoms with E-state index in [1.54, 1.807) is 0 Å². The van der Waals surface area contributed by atoms with E-state index in [2.05, 4.69) is 5.32 Å². The molecule has 0 aromatic rings. The normalized spacial score (nSPS) is 35.3. The van der Waals surface area contributed by atoms with Gasteiger partial charge in [-0.25, -0.2) is 8.42 Å². The van der Waals surface area contributed by atoms with Crippen molar-refractivity contribution in [2.75, 3.05) is 31.3 Å². The van der Waals surface area contributed by atoms with Crippen LogP contribution in [0.25, 0.3) is 0 Å². The number of hydrogen-bond donors (Lipinski definition) is 2. The topological polar surface area (TPSA) is 75.6 Å². The summed E-state index contributed by atoms with van der Waals surface area (Å²) in [5.41, 5.74) is 0. The zero-order valence-corrected chi connectivity index (χ0v) is 10.1. The number of sulfone groups is 1. The molecule has 0 aliphatic carbocycles. The lowest BCUT2D eigenvalue weighted by molar-refractivity contribution is 0.0635. The minimum atomic E-state index is -3.03. The van der Waals surface area contributed by atoms with E-state index in [1.165, 1.54) is 0 Å². The van der Waals surface area contributed by atoms with Gasteiger partial charge in [-0.3, -0.25) is 0 Å². The third-order valence-corrected chi connectivity index (χ3v) is 5.05. The highest BCUT2D eigenvalue weighted by Crippen LogP contribution is 2.16. The first-order valence-electron chi connectivity index (χ1n) is 5.76. The molecule has 2 saturated heterocycles. The van der Waals surface area contributed by atoms with Crippen LogP contribution in [0.3, 0.4) is 0 Å².